The zero-order valence-corrected chi connectivity index (χ0v) is 15.1. The molecule has 0 atom stereocenters. The van der Waals surface area contributed by atoms with Crippen LogP contribution in [0.25, 0.3) is 16.9 Å². The van der Waals surface area contributed by atoms with Gasteiger partial charge in [-0.15, -0.1) is 0 Å². The smallest absolute Gasteiger partial charge is 0.251 e. The molecule has 2 aromatic carbocycles. The summed E-state index contributed by atoms with van der Waals surface area (Å²) in [6.07, 6.45) is 0.799. The Morgan fingerprint density at radius 2 is 1.85 bits per heavy atom. The van der Waals surface area contributed by atoms with Crippen LogP contribution in [0, 0.1) is 6.92 Å². The van der Waals surface area contributed by atoms with Crippen molar-refractivity contribution in [2.45, 2.75) is 13.3 Å². The topological polar surface area (TPSA) is 56.1 Å². The van der Waals surface area contributed by atoms with Crippen molar-refractivity contribution in [3.8, 4) is 16.9 Å². The lowest BCUT2D eigenvalue weighted by Crippen LogP contribution is -2.25. The number of ether oxygens (including phenoxy) is 1. The second-order valence-corrected chi connectivity index (χ2v) is 6.10. The average molecular weight is 349 g/mol. The number of carbonyl (C=O) groups excluding carboxylic acids is 1. The van der Waals surface area contributed by atoms with E-state index in [1.165, 1.54) is 0 Å². The summed E-state index contributed by atoms with van der Waals surface area (Å²) >= 11 is 0. The molecule has 0 unspecified atom stereocenters. The van der Waals surface area contributed by atoms with Gasteiger partial charge in [-0.1, -0.05) is 30.3 Å². The number of rotatable bonds is 7. The number of aryl methyl sites for hydroxylation is 1. The van der Waals surface area contributed by atoms with Crippen molar-refractivity contribution in [3.63, 3.8) is 0 Å². The molecule has 3 rings (SSSR count). The number of aromatic nitrogens is 2. The first-order valence-electron chi connectivity index (χ1n) is 8.68. The predicted molar refractivity (Wildman–Crippen MR) is 103 cm³/mol. The Kier molecular flexibility index (Phi) is 5.81. The molecular weight excluding hydrogens is 326 g/mol. The molecule has 5 heteroatoms. The number of nitrogens with one attached hydrogen (secondary N) is 1. The Morgan fingerprint density at radius 3 is 2.54 bits per heavy atom. The summed E-state index contributed by atoms with van der Waals surface area (Å²) in [5.74, 6) is -0.0763. The number of nitrogens with zero attached hydrogens (tertiary/aromatic N) is 2. The number of hydrogen-bond donors (Lipinski definition) is 1. The summed E-state index contributed by atoms with van der Waals surface area (Å²) in [6, 6.07) is 19.7. The van der Waals surface area contributed by atoms with Gasteiger partial charge in [-0.3, -0.25) is 4.79 Å². The summed E-state index contributed by atoms with van der Waals surface area (Å²) in [5.41, 5.74) is 4.64. The van der Waals surface area contributed by atoms with Gasteiger partial charge in [0.05, 0.1) is 17.1 Å². The third kappa shape index (κ3) is 4.18. The summed E-state index contributed by atoms with van der Waals surface area (Å²) in [4.78, 5) is 12.2. The van der Waals surface area contributed by atoms with Crippen LogP contribution in [-0.4, -0.2) is 35.9 Å². The van der Waals surface area contributed by atoms with Crippen molar-refractivity contribution < 1.29 is 9.53 Å². The van der Waals surface area contributed by atoms with Crippen LogP contribution in [0.3, 0.4) is 0 Å². The van der Waals surface area contributed by atoms with Crippen molar-refractivity contribution in [2.75, 3.05) is 20.3 Å². The van der Waals surface area contributed by atoms with Gasteiger partial charge >= 0.3 is 0 Å². The second-order valence-electron chi connectivity index (χ2n) is 6.10. The van der Waals surface area contributed by atoms with Crippen LogP contribution in [0.1, 0.15) is 22.5 Å². The Morgan fingerprint density at radius 1 is 1.12 bits per heavy atom. The van der Waals surface area contributed by atoms with Crippen LogP contribution < -0.4 is 5.32 Å². The molecule has 1 aromatic heterocycles. The molecule has 0 spiro atoms. The van der Waals surface area contributed by atoms with E-state index in [-0.39, 0.29) is 5.91 Å². The first-order valence-corrected chi connectivity index (χ1v) is 8.68. The number of hydrogen-bond acceptors (Lipinski definition) is 3. The van der Waals surface area contributed by atoms with Crippen LogP contribution in [0.15, 0.2) is 60.7 Å². The highest BCUT2D eigenvalue weighted by molar-refractivity contribution is 5.94. The van der Waals surface area contributed by atoms with Gasteiger partial charge < -0.3 is 10.1 Å². The number of amides is 1. The maximum Gasteiger partial charge on any atom is 0.251 e. The van der Waals surface area contributed by atoms with E-state index in [1.54, 1.807) is 7.11 Å². The van der Waals surface area contributed by atoms with Gasteiger partial charge in [0.1, 0.15) is 0 Å². The van der Waals surface area contributed by atoms with Gasteiger partial charge in [0.15, 0.2) is 0 Å². The highest BCUT2D eigenvalue weighted by atomic mass is 16.5. The first-order chi connectivity index (χ1) is 12.7. The minimum Gasteiger partial charge on any atom is -0.385 e. The lowest BCUT2D eigenvalue weighted by atomic mass is 10.1. The number of benzene rings is 2. The van der Waals surface area contributed by atoms with Gasteiger partial charge in [-0.25, -0.2) is 4.68 Å². The van der Waals surface area contributed by atoms with Crippen molar-refractivity contribution >= 4 is 5.91 Å². The van der Waals surface area contributed by atoms with Crippen LogP contribution in [0.4, 0.5) is 0 Å². The maximum atomic E-state index is 12.2. The molecule has 0 saturated heterocycles. The van der Waals surface area contributed by atoms with E-state index >= 15 is 0 Å². The Labute approximate surface area is 153 Å². The Bertz CT molecular complexity index is 855. The predicted octanol–water partition coefficient (Wildman–Crippen LogP) is 3.61. The quantitative estimate of drug-likeness (QED) is 0.663. The molecule has 0 aliphatic carbocycles. The van der Waals surface area contributed by atoms with Crippen LogP contribution in [-0.2, 0) is 4.74 Å². The molecule has 5 nitrogen and oxygen atoms in total. The SMILES string of the molecule is COCCCNC(=O)c1ccc(-n2nc(C)cc2-c2ccccc2)cc1. The minimum absolute atomic E-state index is 0.0763. The first kappa shape index (κ1) is 17.9. The van der Waals surface area contributed by atoms with E-state index in [9.17, 15) is 4.79 Å². The largest absolute Gasteiger partial charge is 0.385 e. The lowest BCUT2D eigenvalue weighted by Gasteiger charge is -2.09. The van der Waals surface area contributed by atoms with E-state index in [1.807, 2.05) is 54.1 Å². The van der Waals surface area contributed by atoms with Crippen LogP contribution in [0.5, 0.6) is 0 Å². The Hall–Kier alpha value is -2.92. The van der Waals surface area contributed by atoms with Crippen LogP contribution in [0.2, 0.25) is 0 Å². The molecule has 0 fully saturated rings. The molecule has 1 heterocycles. The second kappa shape index (κ2) is 8.45. The van der Waals surface area contributed by atoms with E-state index < -0.39 is 0 Å². The molecule has 0 radical (unpaired) electrons. The third-order valence-electron chi connectivity index (χ3n) is 4.09. The molecule has 26 heavy (non-hydrogen) atoms. The van der Waals surface area contributed by atoms with E-state index in [2.05, 4.69) is 28.6 Å². The summed E-state index contributed by atoms with van der Waals surface area (Å²) in [5, 5.41) is 7.50. The zero-order chi connectivity index (χ0) is 18.4. The normalized spacial score (nSPS) is 10.7. The van der Waals surface area contributed by atoms with E-state index in [0.717, 1.165) is 29.1 Å². The fourth-order valence-corrected chi connectivity index (χ4v) is 2.79. The van der Waals surface area contributed by atoms with Gasteiger partial charge in [-0.05, 0) is 43.7 Å². The number of carbonyl (C=O) groups is 1. The van der Waals surface area contributed by atoms with Crippen molar-refractivity contribution in [1.82, 2.24) is 15.1 Å². The molecule has 3 aromatic rings. The van der Waals surface area contributed by atoms with Gasteiger partial charge in [0.25, 0.3) is 5.91 Å². The fourth-order valence-electron chi connectivity index (χ4n) is 2.79. The van der Waals surface area contributed by atoms with E-state index in [0.29, 0.717) is 18.7 Å². The molecular formula is C21H23N3O2. The highest BCUT2D eigenvalue weighted by Gasteiger charge is 2.11. The molecule has 134 valence electrons. The molecule has 1 N–H and O–H groups in total. The molecule has 0 saturated carbocycles. The molecule has 0 bridgehead atoms. The minimum atomic E-state index is -0.0763. The fraction of sp³-hybridized carbons (Fsp3) is 0.238. The Balaban J connectivity index is 1.78. The van der Waals surface area contributed by atoms with Crippen molar-refractivity contribution in [2.24, 2.45) is 0 Å². The van der Waals surface area contributed by atoms with Gasteiger partial charge in [-0.2, -0.15) is 5.10 Å². The van der Waals surface area contributed by atoms with Crippen LogP contribution >= 0.6 is 0 Å². The number of methoxy groups -OCH3 is 1. The summed E-state index contributed by atoms with van der Waals surface area (Å²) in [7, 11) is 1.65. The van der Waals surface area contributed by atoms with Crippen molar-refractivity contribution in [1.29, 1.82) is 0 Å². The lowest BCUT2D eigenvalue weighted by molar-refractivity contribution is 0.0948. The van der Waals surface area contributed by atoms with Gasteiger partial charge in [0, 0.05) is 31.4 Å². The molecule has 0 aliphatic rings. The van der Waals surface area contributed by atoms with Gasteiger partial charge in [0.2, 0.25) is 0 Å². The third-order valence-corrected chi connectivity index (χ3v) is 4.09. The summed E-state index contributed by atoms with van der Waals surface area (Å²) < 4.78 is 6.89. The zero-order valence-electron chi connectivity index (χ0n) is 15.1. The standard InChI is InChI=1S/C21H23N3O2/c1-16-15-20(17-7-4-3-5-8-17)24(23-16)19-11-9-18(10-12-19)21(25)22-13-6-14-26-2/h3-5,7-12,15H,6,13-14H2,1-2H3,(H,22,25). The molecule has 1 amide bonds. The monoisotopic (exact) mass is 349 g/mol. The highest BCUT2D eigenvalue weighted by Crippen LogP contribution is 2.23. The maximum absolute atomic E-state index is 12.2. The van der Waals surface area contributed by atoms with E-state index in [4.69, 9.17) is 4.74 Å². The van der Waals surface area contributed by atoms with Crippen molar-refractivity contribution in [3.05, 3.63) is 71.9 Å². The summed E-state index contributed by atoms with van der Waals surface area (Å²) in [6.45, 7) is 3.22. The molecule has 0 aliphatic heterocycles. The average Bonchev–Trinajstić information content (AvgIpc) is 3.08.